The van der Waals surface area contributed by atoms with Crippen molar-refractivity contribution in [2.24, 2.45) is 0 Å². The van der Waals surface area contributed by atoms with Gasteiger partial charge < -0.3 is 9.64 Å². The van der Waals surface area contributed by atoms with Gasteiger partial charge in [-0.25, -0.2) is 4.79 Å². The molecule has 0 aromatic heterocycles. The summed E-state index contributed by atoms with van der Waals surface area (Å²) in [4.78, 5) is 13.6. The van der Waals surface area contributed by atoms with Gasteiger partial charge in [-0.15, -0.1) is 0 Å². The molecule has 0 atom stereocenters. The van der Waals surface area contributed by atoms with Crippen molar-refractivity contribution in [3.05, 3.63) is 11.8 Å². The maximum Gasteiger partial charge on any atom is 0.335 e. The SMILES string of the molecule is CCCCCCCCCCCCCCCCCOC(=O)/C(C)=C/N(C)C. The van der Waals surface area contributed by atoms with Crippen molar-refractivity contribution >= 4 is 5.97 Å². The zero-order chi connectivity index (χ0) is 19.5. The Labute approximate surface area is 163 Å². The van der Waals surface area contributed by atoms with Gasteiger partial charge in [0.1, 0.15) is 0 Å². The van der Waals surface area contributed by atoms with E-state index in [1.165, 1.54) is 89.9 Å². The highest BCUT2D eigenvalue weighted by atomic mass is 16.5. The van der Waals surface area contributed by atoms with Gasteiger partial charge >= 0.3 is 5.97 Å². The van der Waals surface area contributed by atoms with Gasteiger partial charge in [-0.3, -0.25) is 0 Å². The van der Waals surface area contributed by atoms with Crippen molar-refractivity contribution < 1.29 is 9.53 Å². The molecule has 0 saturated heterocycles. The molecule has 0 fully saturated rings. The number of esters is 1. The summed E-state index contributed by atoms with van der Waals surface area (Å²) >= 11 is 0. The average Bonchev–Trinajstić information content (AvgIpc) is 2.60. The van der Waals surface area contributed by atoms with E-state index >= 15 is 0 Å². The third-order valence-electron chi connectivity index (χ3n) is 4.75. The fourth-order valence-corrected chi connectivity index (χ4v) is 3.19. The van der Waals surface area contributed by atoms with Crippen molar-refractivity contribution in [3.63, 3.8) is 0 Å². The minimum absolute atomic E-state index is 0.191. The summed E-state index contributed by atoms with van der Waals surface area (Å²) in [5.74, 6) is -0.191. The molecular formula is C23H45NO2. The first-order chi connectivity index (χ1) is 12.6. The van der Waals surface area contributed by atoms with Gasteiger partial charge in [0.25, 0.3) is 0 Å². The molecular weight excluding hydrogens is 322 g/mol. The topological polar surface area (TPSA) is 29.5 Å². The highest BCUT2D eigenvalue weighted by molar-refractivity contribution is 5.87. The lowest BCUT2D eigenvalue weighted by Gasteiger charge is -2.08. The summed E-state index contributed by atoms with van der Waals surface area (Å²) < 4.78 is 5.28. The summed E-state index contributed by atoms with van der Waals surface area (Å²) in [5, 5.41) is 0. The second-order valence-corrected chi connectivity index (χ2v) is 7.86. The van der Waals surface area contributed by atoms with Crippen molar-refractivity contribution in [3.8, 4) is 0 Å². The van der Waals surface area contributed by atoms with Crippen molar-refractivity contribution in [1.82, 2.24) is 4.90 Å². The van der Waals surface area contributed by atoms with Crippen molar-refractivity contribution in [1.29, 1.82) is 0 Å². The number of carbonyl (C=O) groups excluding carboxylic acids is 1. The van der Waals surface area contributed by atoms with Crippen LogP contribution in [0.2, 0.25) is 0 Å². The van der Waals surface area contributed by atoms with E-state index in [-0.39, 0.29) is 5.97 Å². The van der Waals surface area contributed by atoms with E-state index in [1.807, 2.05) is 19.0 Å². The van der Waals surface area contributed by atoms with Crippen LogP contribution in [0.25, 0.3) is 0 Å². The molecule has 0 N–H and O–H groups in total. The number of rotatable bonds is 18. The standard InChI is InChI=1S/C23H45NO2/c1-5-6-7-8-9-10-11-12-13-14-15-16-17-18-19-20-26-23(25)22(2)21-24(3)4/h21H,5-20H2,1-4H3/b22-21+. The Morgan fingerprint density at radius 3 is 1.50 bits per heavy atom. The smallest absolute Gasteiger partial charge is 0.335 e. The molecule has 0 aromatic carbocycles. The van der Waals surface area contributed by atoms with Crippen LogP contribution in [0.15, 0.2) is 11.8 Å². The Bertz CT molecular complexity index is 350. The third kappa shape index (κ3) is 17.8. The summed E-state index contributed by atoms with van der Waals surface area (Å²) in [6, 6.07) is 0. The Morgan fingerprint density at radius 1 is 0.731 bits per heavy atom. The predicted octanol–water partition coefficient (Wildman–Crippen LogP) is 6.87. The van der Waals surface area contributed by atoms with Crippen LogP contribution in [-0.4, -0.2) is 31.6 Å². The minimum Gasteiger partial charge on any atom is -0.462 e. The minimum atomic E-state index is -0.191. The van der Waals surface area contributed by atoms with Gasteiger partial charge in [0.2, 0.25) is 0 Å². The fourth-order valence-electron chi connectivity index (χ4n) is 3.19. The van der Waals surface area contributed by atoms with Gasteiger partial charge in [-0.05, 0) is 13.3 Å². The van der Waals surface area contributed by atoms with Crippen LogP contribution in [0.5, 0.6) is 0 Å². The van der Waals surface area contributed by atoms with Crippen LogP contribution < -0.4 is 0 Å². The first-order valence-electron chi connectivity index (χ1n) is 11.1. The molecule has 0 spiro atoms. The van der Waals surface area contributed by atoms with Crippen LogP contribution in [0.1, 0.15) is 110 Å². The molecule has 0 aliphatic heterocycles. The third-order valence-corrected chi connectivity index (χ3v) is 4.75. The quantitative estimate of drug-likeness (QED) is 0.150. The molecule has 0 radical (unpaired) electrons. The van der Waals surface area contributed by atoms with Crippen LogP contribution in [0.3, 0.4) is 0 Å². The Balaban J connectivity index is 3.24. The second kappa shape index (κ2) is 18.8. The van der Waals surface area contributed by atoms with Crippen molar-refractivity contribution in [2.45, 2.75) is 110 Å². The molecule has 0 aliphatic rings. The average molecular weight is 368 g/mol. The van der Waals surface area contributed by atoms with Gasteiger partial charge in [-0.2, -0.15) is 0 Å². The maximum atomic E-state index is 11.7. The van der Waals surface area contributed by atoms with E-state index in [2.05, 4.69) is 6.92 Å². The summed E-state index contributed by atoms with van der Waals surface area (Å²) in [6.07, 6.45) is 22.1. The number of carbonyl (C=O) groups is 1. The highest BCUT2D eigenvalue weighted by Crippen LogP contribution is 2.13. The molecule has 0 saturated carbocycles. The molecule has 0 aliphatic carbocycles. The number of hydrogen-bond acceptors (Lipinski definition) is 3. The maximum absolute atomic E-state index is 11.7. The summed E-state index contributed by atoms with van der Waals surface area (Å²) in [7, 11) is 3.82. The predicted molar refractivity (Wildman–Crippen MR) is 113 cm³/mol. The molecule has 3 nitrogen and oxygen atoms in total. The van der Waals surface area contributed by atoms with E-state index in [9.17, 15) is 4.79 Å². The van der Waals surface area contributed by atoms with Crippen LogP contribution in [0.4, 0.5) is 0 Å². The highest BCUT2D eigenvalue weighted by Gasteiger charge is 2.05. The molecule has 3 heteroatoms. The van der Waals surface area contributed by atoms with Crippen LogP contribution in [-0.2, 0) is 9.53 Å². The first-order valence-corrected chi connectivity index (χ1v) is 11.1. The zero-order valence-corrected chi connectivity index (χ0v) is 18.2. The fraction of sp³-hybridized carbons (Fsp3) is 0.870. The lowest BCUT2D eigenvalue weighted by molar-refractivity contribution is -0.139. The molecule has 154 valence electrons. The molecule has 0 bridgehead atoms. The van der Waals surface area contributed by atoms with E-state index in [0.717, 1.165) is 6.42 Å². The molecule has 26 heavy (non-hydrogen) atoms. The van der Waals surface area contributed by atoms with E-state index < -0.39 is 0 Å². The normalized spacial score (nSPS) is 11.6. The number of ether oxygens (including phenoxy) is 1. The largest absolute Gasteiger partial charge is 0.462 e. The summed E-state index contributed by atoms with van der Waals surface area (Å²) in [6.45, 7) is 4.63. The van der Waals surface area contributed by atoms with E-state index in [1.54, 1.807) is 13.1 Å². The monoisotopic (exact) mass is 367 g/mol. The number of hydrogen-bond donors (Lipinski definition) is 0. The van der Waals surface area contributed by atoms with Gasteiger partial charge in [-0.1, -0.05) is 96.8 Å². The number of nitrogens with zero attached hydrogens (tertiary/aromatic N) is 1. The lowest BCUT2D eigenvalue weighted by Crippen LogP contribution is -2.11. The molecule has 0 amide bonds. The lowest BCUT2D eigenvalue weighted by atomic mass is 10.0. The van der Waals surface area contributed by atoms with Crippen LogP contribution in [0, 0.1) is 0 Å². The number of unbranched alkanes of at least 4 members (excludes halogenated alkanes) is 14. The van der Waals surface area contributed by atoms with Crippen molar-refractivity contribution in [2.75, 3.05) is 20.7 Å². The van der Waals surface area contributed by atoms with Crippen LogP contribution >= 0.6 is 0 Å². The zero-order valence-electron chi connectivity index (χ0n) is 18.2. The Morgan fingerprint density at radius 2 is 1.12 bits per heavy atom. The van der Waals surface area contributed by atoms with Gasteiger partial charge in [0.15, 0.2) is 0 Å². The molecule has 0 heterocycles. The molecule has 0 unspecified atom stereocenters. The van der Waals surface area contributed by atoms with E-state index in [0.29, 0.717) is 12.2 Å². The van der Waals surface area contributed by atoms with E-state index in [4.69, 9.17) is 4.74 Å². The first kappa shape index (κ1) is 25.0. The van der Waals surface area contributed by atoms with Gasteiger partial charge in [0.05, 0.1) is 6.61 Å². The second-order valence-electron chi connectivity index (χ2n) is 7.86. The summed E-state index contributed by atoms with van der Waals surface area (Å²) in [5.41, 5.74) is 0.663. The Kier molecular flexibility index (Phi) is 18.1. The molecule has 0 rings (SSSR count). The molecule has 0 aromatic rings. The Hall–Kier alpha value is -0.990. The van der Waals surface area contributed by atoms with Gasteiger partial charge in [0, 0.05) is 25.9 Å².